The van der Waals surface area contributed by atoms with Crippen molar-refractivity contribution < 1.29 is 19.8 Å². The maximum Gasteiger partial charge on any atom is 0.320 e. The van der Waals surface area contributed by atoms with Gasteiger partial charge in [0.05, 0.1) is 5.92 Å². The van der Waals surface area contributed by atoms with Gasteiger partial charge in [-0.25, -0.2) is 0 Å². The van der Waals surface area contributed by atoms with Crippen molar-refractivity contribution >= 4 is 11.9 Å². The first kappa shape index (κ1) is 14.2. The Morgan fingerprint density at radius 3 is 2.17 bits per heavy atom. The highest BCUT2D eigenvalue weighted by Gasteiger charge is 2.24. The zero-order valence-corrected chi connectivity index (χ0v) is 10.2. The molecule has 2 atom stereocenters. The summed E-state index contributed by atoms with van der Waals surface area (Å²) in [7, 11) is 0. The molecule has 1 aromatic rings. The van der Waals surface area contributed by atoms with Crippen LogP contribution in [0.15, 0.2) is 24.3 Å². The fourth-order valence-corrected chi connectivity index (χ4v) is 1.69. The zero-order chi connectivity index (χ0) is 13.7. The van der Waals surface area contributed by atoms with Gasteiger partial charge >= 0.3 is 11.9 Å². The van der Waals surface area contributed by atoms with Gasteiger partial charge in [0.25, 0.3) is 0 Å². The van der Waals surface area contributed by atoms with Crippen LogP contribution in [0.3, 0.4) is 0 Å². The van der Waals surface area contributed by atoms with Crippen molar-refractivity contribution in [2.45, 2.75) is 25.8 Å². The lowest BCUT2D eigenvalue weighted by molar-refractivity contribution is -0.143. The average molecular weight is 251 g/mol. The number of carboxylic acids is 2. The summed E-state index contributed by atoms with van der Waals surface area (Å²) in [5, 5.41) is 17.8. The first-order valence-corrected chi connectivity index (χ1v) is 5.67. The number of hydrogen-bond acceptors (Lipinski definition) is 3. The van der Waals surface area contributed by atoms with E-state index in [4.69, 9.17) is 15.9 Å². The second-order valence-corrected chi connectivity index (χ2v) is 4.41. The van der Waals surface area contributed by atoms with Gasteiger partial charge in [0, 0.05) is 0 Å². The Balaban J connectivity index is 2.71. The number of rotatable bonds is 6. The molecule has 0 unspecified atom stereocenters. The van der Waals surface area contributed by atoms with Gasteiger partial charge in [-0.15, -0.1) is 0 Å². The molecule has 98 valence electrons. The molecule has 0 saturated heterocycles. The predicted molar refractivity (Wildman–Crippen MR) is 66.2 cm³/mol. The highest BCUT2D eigenvalue weighted by Crippen LogP contribution is 2.15. The first-order valence-electron chi connectivity index (χ1n) is 5.67. The van der Waals surface area contributed by atoms with Gasteiger partial charge in [-0.05, 0) is 25.3 Å². The molecule has 4 N–H and O–H groups in total. The molecule has 18 heavy (non-hydrogen) atoms. The smallest absolute Gasteiger partial charge is 0.320 e. The summed E-state index contributed by atoms with van der Waals surface area (Å²) in [5.41, 5.74) is 7.33. The summed E-state index contributed by atoms with van der Waals surface area (Å²) in [6, 6.07) is 6.34. The highest BCUT2D eigenvalue weighted by atomic mass is 16.4. The summed E-state index contributed by atoms with van der Waals surface area (Å²) >= 11 is 0. The number of aliphatic carboxylic acids is 2. The molecule has 0 aliphatic heterocycles. The van der Waals surface area contributed by atoms with Crippen LogP contribution in [0.1, 0.15) is 17.5 Å². The molecular formula is C13H17NO4. The van der Waals surface area contributed by atoms with E-state index in [-0.39, 0.29) is 12.8 Å². The van der Waals surface area contributed by atoms with Crippen LogP contribution in [0.2, 0.25) is 0 Å². The van der Waals surface area contributed by atoms with E-state index in [0.29, 0.717) is 0 Å². The number of hydrogen-bond donors (Lipinski definition) is 3. The molecule has 0 radical (unpaired) electrons. The molecule has 1 rings (SSSR count). The lowest BCUT2D eigenvalue weighted by Gasteiger charge is -2.15. The van der Waals surface area contributed by atoms with E-state index in [0.717, 1.165) is 11.1 Å². The van der Waals surface area contributed by atoms with Crippen molar-refractivity contribution in [1.82, 2.24) is 0 Å². The molecule has 0 spiro atoms. The third kappa shape index (κ3) is 4.18. The minimum Gasteiger partial charge on any atom is -0.481 e. The molecule has 1 aromatic carbocycles. The SMILES string of the molecule is Cc1ccc(C[C@H](C[C@H](N)C(=O)O)C(=O)O)cc1. The number of carboxylic acid groups (broad SMARTS) is 2. The van der Waals surface area contributed by atoms with Crippen LogP contribution in [0.4, 0.5) is 0 Å². The fourth-order valence-electron chi connectivity index (χ4n) is 1.69. The maximum atomic E-state index is 11.1. The van der Waals surface area contributed by atoms with Gasteiger partial charge in [-0.2, -0.15) is 0 Å². The number of nitrogens with two attached hydrogens (primary N) is 1. The Morgan fingerprint density at radius 1 is 1.17 bits per heavy atom. The van der Waals surface area contributed by atoms with Crippen molar-refractivity contribution in [1.29, 1.82) is 0 Å². The molecule has 0 saturated carbocycles. The molecule has 0 aromatic heterocycles. The van der Waals surface area contributed by atoms with Gasteiger partial charge in [0.1, 0.15) is 6.04 Å². The first-order chi connectivity index (χ1) is 8.40. The van der Waals surface area contributed by atoms with Gasteiger partial charge in [0.2, 0.25) is 0 Å². The Morgan fingerprint density at radius 2 is 1.72 bits per heavy atom. The average Bonchev–Trinajstić information content (AvgIpc) is 2.30. The molecular weight excluding hydrogens is 234 g/mol. The number of aryl methyl sites for hydroxylation is 1. The summed E-state index contributed by atoms with van der Waals surface area (Å²) < 4.78 is 0. The molecule has 5 heteroatoms. The summed E-state index contributed by atoms with van der Waals surface area (Å²) in [5.74, 6) is -2.98. The standard InChI is InChI=1S/C13H17NO4/c1-8-2-4-9(5-3-8)6-10(12(15)16)7-11(14)13(17)18/h2-5,10-11H,6-7,14H2,1H3,(H,15,16)(H,17,18)/t10-,11+/m1/s1. The Bertz CT molecular complexity index is 427. The van der Waals surface area contributed by atoms with Crippen molar-refractivity contribution in [2.24, 2.45) is 11.7 Å². The normalized spacial score (nSPS) is 13.9. The zero-order valence-electron chi connectivity index (χ0n) is 10.2. The van der Waals surface area contributed by atoms with E-state index in [9.17, 15) is 9.59 Å². The Kier molecular flexibility index (Phi) is 4.85. The minimum absolute atomic E-state index is 0.0709. The molecule has 0 aliphatic carbocycles. The van der Waals surface area contributed by atoms with Crippen molar-refractivity contribution in [3.05, 3.63) is 35.4 Å². The highest BCUT2D eigenvalue weighted by molar-refractivity contribution is 5.76. The van der Waals surface area contributed by atoms with Crippen LogP contribution in [-0.4, -0.2) is 28.2 Å². The molecule has 0 amide bonds. The predicted octanol–water partition coefficient (Wildman–Crippen LogP) is 1.04. The molecule has 0 fully saturated rings. The molecule has 0 bridgehead atoms. The van der Waals surface area contributed by atoms with E-state index in [2.05, 4.69) is 0 Å². The number of benzene rings is 1. The fraction of sp³-hybridized carbons (Fsp3) is 0.385. The lowest BCUT2D eigenvalue weighted by atomic mass is 9.93. The minimum atomic E-state index is -1.18. The second-order valence-electron chi connectivity index (χ2n) is 4.41. The van der Waals surface area contributed by atoms with Crippen LogP contribution in [-0.2, 0) is 16.0 Å². The second kappa shape index (κ2) is 6.16. The van der Waals surface area contributed by atoms with E-state index in [1.807, 2.05) is 31.2 Å². The van der Waals surface area contributed by atoms with Crippen molar-refractivity contribution in [2.75, 3.05) is 0 Å². The monoisotopic (exact) mass is 251 g/mol. The summed E-state index contributed by atoms with van der Waals surface area (Å²) in [6.45, 7) is 1.94. The van der Waals surface area contributed by atoms with E-state index >= 15 is 0 Å². The lowest BCUT2D eigenvalue weighted by Crippen LogP contribution is -2.35. The van der Waals surface area contributed by atoms with Crippen molar-refractivity contribution in [3.63, 3.8) is 0 Å². The van der Waals surface area contributed by atoms with Crippen LogP contribution in [0, 0.1) is 12.8 Å². The molecule has 5 nitrogen and oxygen atoms in total. The summed E-state index contributed by atoms with van der Waals surface area (Å²) in [6.07, 6.45) is 0.217. The third-order valence-corrected chi connectivity index (χ3v) is 2.81. The van der Waals surface area contributed by atoms with Crippen molar-refractivity contribution in [3.8, 4) is 0 Å². The molecule has 0 heterocycles. The van der Waals surface area contributed by atoms with Crippen LogP contribution < -0.4 is 5.73 Å². The van der Waals surface area contributed by atoms with Gasteiger partial charge < -0.3 is 15.9 Å². The quantitative estimate of drug-likeness (QED) is 0.701. The number of carbonyl (C=O) groups is 2. The van der Waals surface area contributed by atoms with Gasteiger partial charge in [-0.1, -0.05) is 29.8 Å². The molecule has 0 aliphatic rings. The van der Waals surface area contributed by atoms with Gasteiger partial charge in [0.15, 0.2) is 0 Å². The maximum absolute atomic E-state index is 11.1. The Hall–Kier alpha value is -1.88. The van der Waals surface area contributed by atoms with E-state index in [1.54, 1.807) is 0 Å². The third-order valence-electron chi connectivity index (χ3n) is 2.81. The van der Waals surface area contributed by atoms with E-state index < -0.39 is 23.9 Å². The summed E-state index contributed by atoms with van der Waals surface area (Å²) in [4.78, 5) is 21.7. The van der Waals surface area contributed by atoms with Crippen LogP contribution in [0.25, 0.3) is 0 Å². The van der Waals surface area contributed by atoms with Gasteiger partial charge in [-0.3, -0.25) is 9.59 Å². The largest absolute Gasteiger partial charge is 0.481 e. The van der Waals surface area contributed by atoms with Crippen LogP contribution in [0.5, 0.6) is 0 Å². The van der Waals surface area contributed by atoms with E-state index in [1.165, 1.54) is 0 Å². The topological polar surface area (TPSA) is 101 Å². The Labute approximate surface area is 105 Å². The van der Waals surface area contributed by atoms with Crippen LogP contribution >= 0.6 is 0 Å².